The van der Waals surface area contributed by atoms with Crippen LogP contribution in [0.2, 0.25) is 0 Å². The maximum atomic E-state index is 10.9. The van der Waals surface area contributed by atoms with Gasteiger partial charge in [0.25, 0.3) is 0 Å². The van der Waals surface area contributed by atoms with Crippen LogP contribution in [0.5, 0.6) is 5.75 Å². The lowest BCUT2D eigenvalue weighted by Crippen LogP contribution is -2.09. The molecular formula is C12H15BrO4. The molecule has 0 aromatic heterocycles. The molecule has 0 saturated carbocycles. The molecular weight excluding hydrogens is 288 g/mol. The molecule has 0 fully saturated rings. The van der Waals surface area contributed by atoms with Gasteiger partial charge in [0.05, 0.1) is 26.2 Å². The van der Waals surface area contributed by atoms with Crippen LogP contribution in [0, 0.1) is 0 Å². The Kier molecular flexibility index (Phi) is 5.44. The smallest absolute Gasteiger partial charge is 0.308 e. The minimum Gasteiger partial charge on any atom is -0.493 e. The van der Waals surface area contributed by atoms with E-state index in [1.165, 1.54) is 7.11 Å². The molecule has 0 heterocycles. The van der Waals surface area contributed by atoms with E-state index >= 15 is 0 Å². The minimum atomic E-state index is -0.624. The Labute approximate surface area is 109 Å². The highest BCUT2D eigenvalue weighted by Crippen LogP contribution is 2.28. The molecule has 4 nitrogen and oxygen atoms in total. The minimum absolute atomic E-state index is 0.186. The first-order chi connectivity index (χ1) is 8.04. The summed E-state index contributed by atoms with van der Waals surface area (Å²) in [5, 5.41) is 9.59. The SMILES string of the molecule is COC(=O)CCOc1ccc(Br)cc1C(C)O. The normalized spacial score (nSPS) is 12.0. The van der Waals surface area contributed by atoms with Crippen molar-refractivity contribution in [1.29, 1.82) is 0 Å². The summed E-state index contributed by atoms with van der Waals surface area (Å²) in [6.45, 7) is 1.89. The molecule has 1 aromatic carbocycles. The van der Waals surface area contributed by atoms with E-state index in [0.29, 0.717) is 11.3 Å². The van der Waals surface area contributed by atoms with Crippen LogP contribution < -0.4 is 4.74 Å². The molecule has 0 radical (unpaired) electrons. The van der Waals surface area contributed by atoms with Crippen LogP contribution in [0.3, 0.4) is 0 Å². The number of hydrogen-bond acceptors (Lipinski definition) is 4. The topological polar surface area (TPSA) is 55.8 Å². The Bertz CT molecular complexity index is 390. The molecule has 17 heavy (non-hydrogen) atoms. The average molecular weight is 303 g/mol. The number of benzene rings is 1. The number of esters is 1. The predicted octanol–water partition coefficient (Wildman–Crippen LogP) is 2.44. The van der Waals surface area contributed by atoms with Gasteiger partial charge < -0.3 is 14.6 Å². The van der Waals surface area contributed by atoms with E-state index in [-0.39, 0.29) is 19.0 Å². The fourth-order valence-electron chi connectivity index (χ4n) is 1.32. The summed E-state index contributed by atoms with van der Waals surface area (Å²) in [6.07, 6.45) is -0.438. The second kappa shape index (κ2) is 6.61. The van der Waals surface area contributed by atoms with Gasteiger partial charge in [0.1, 0.15) is 5.75 Å². The molecule has 1 atom stereocenters. The van der Waals surface area contributed by atoms with Gasteiger partial charge in [0.15, 0.2) is 0 Å². The van der Waals surface area contributed by atoms with Crippen molar-refractivity contribution in [1.82, 2.24) is 0 Å². The van der Waals surface area contributed by atoms with Crippen molar-refractivity contribution in [3.8, 4) is 5.75 Å². The third-order valence-corrected chi connectivity index (χ3v) is 2.71. The lowest BCUT2D eigenvalue weighted by molar-refractivity contribution is -0.141. The number of ether oxygens (including phenoxy) is 2. The fraction of sp³-hybridized carbons (Fsp3) is 0.417. The van der Waals surface area contributed by atoms with E-state index in [0.717, 1.165) is 4.47 Å². The second-order valence-electron chi connectivity index (χ2n) is 3.53. The van der Waals surface area contributed by atoms with Gasteiger partial charge >= 0.3 is 5.97 Å². The monoisotopic (exact) mass is 302 g/mol. The average Bonchev–Trinajstić information content (AvgIpc) is 2.30. The number of carbonyl (C=O) groups excluding carboxylic acids is 1. The summed E-state index contributed by atoms with van der Waals surface area (Å²) in [7, 11) is 1.34. The van der Waals surface area contributed by atoms with E-state index in [4.69, 9.17) is 4.74 Å². The highest BCUT2D eigenvalue weighted by Gasteiger charge is 2.10. The van der Waals surface area contributed by atoms with E-state index in [9.17, 15) is 9.90 Å². The van der Waals surface area contributed by atoms with Gasteiger partial charge in [0, 0.05) is 10.0 Å². The third-order valence-electron chi connectivity index (χ3n) is 2.21. The van der Waals surface area contributed by atoms with E-state index in [1.807, 2.05) is 6.07 Å². The third kappa shape index (κ3) is 4.36. The lowest BCUT2D eigenvalue weighted by atomic mass is 10.1. The number of hydrogen-bond donors (Lipinski definition) is 1. The van der Waals surface area contributed by atoms with Gasteiger partial charge in [-0.1, -0.05) is 15.9 Å². The Morgan fingerprint density at radius 1 is 1.53 bits per heavy atom. The quantitative estimate of drug-likeness (QED) is 0.849. The molecule has 0 aliphatic carbocycles. The number of aliphatic hydroxyl groups is 1. The van der Waals surface area contributed by atoms with Crippen molar-refractivity contribution in [3.05, 3.63) is 28.2 Å². The molecule has 0 spiro atoms. The maximum Gasteiger partial charge on any atom is 0.308 e. The maximum absolute atomic E-state index is 10.9. The lowest BCUT2D eigenvalue weighted by Gasteiger charge is -2.13. The van der Waals surface area contributed by atoms with Gasteiger partial charge in [-0.25, -0.2) is 0 Å². The standard InChI is InChI=1S/C12H15BrO4/c1-8(14)10-7-9(13)3-4-11(10)17-6-5-12(15)16-2/h3-4,7-8,14H,5-6H2,1-2H3. The Balaban J connectivity index is 2.67. The molecule has 0 saturated heterocycles. The first-order valence-corrected chi connectivity index (χ1v) is 6.01. The summed E-state index contributed by atoms with van der Waals surface area (Å²) in [4.78, 5) is 10.9. The molecule has 94 valence electrons. The van der Waals surface area contributed by atoms with Gasteiger partial charge in [-0.3, -0.25) is 4.79 Å². The van der Waals surface area contributed by atoms with Crippen LogP contribution in [0.15, 0.2) is 22.7 Å². The zero-order valence-corrected chi connectivity index (χ0v) is 11.4. The Morgan fingerprint density at radius 2 is 2.24 bits per heavy atom. The van der Waals surface area contributed by atoms with Crippen LogP contribution in [-0.4, -0.2) is 24.8 Å². The zero-order chi connectivity index (χ0) is 12.8. The number of halogens is 1. The largest absolute Gasteiger partial charge is 0.493 e. The molecule has 0 aliphatic heterocycles. The van der Waals surface area contributed by atoms with Crippen molar-refractivity contribution in [2.24, 2.45) is 0 Å². The zero-order valence-electron chi connectivity index (χ0n) is 9.77. The predicted molar refractivity (Wildman–Crippen MR) is 66.9 cm³/mol. The number of rotatable bonds is 5. The van der Waals surface area contributed by atoms with Gasteiger partial charge in [-0.15, -0.1) is 0 Å². The van der Waals surface area contributed by atoms with E-state index < -0.39 is 6.10 Å². The number of aliphatic hydroxyl groups excluding tert-OH is 1. The molecule has 0 amide bonds. The van der Waals surface area contributed by atoms with Crippen LogP contribution >= 0.6 is 15.9 Å². The van der Waals surface area contributed by atoms with Crippen LogP contribution in [-0.2, 0) is 9.53 Å². The highest BCUT2D eigenvalue weighted by molar-refractivity contribution is 9.10. The van der Waals surface area contributed by atoms with Gasteiger partial charge in [0.2, 0.25) is 0 Å². The van der Waals surface area contributed by atoms with Gasteiger partial charge in [-0.2, -0.15) is 0 Å². The van der Waals surface area contributed by atoms with Crippen molar-refractivity contribution < 1.29 is 19.4 Å². The van der Waals surface area contributed by atoms with Crippen LogP contribution in [0.25, 0.3) is 0 Å². The number of carbonyl (C=O) groups is 1. The molecule has 0 aliphatic rings. The molecule has 1 aromatic rings. The second-order valence-corrected chi connectivity index (χ2v) is 4.45. The highest BCUT2D eigenvalue weighted by atomic mass is 79.9. The van der Waals surface area contributed by atoms with Crippen LogP contribution in [0.4, 0.5) is 0 Å². The first kappa shape index (κ1) is 14.0. The van der Waals surface area contributed by atoms with Crippen molar-refractivity contribution in [2.75, 3.05) is 13.7 Å². The summed E-state index contributed by atoms with van der Waals surface area (Å²) < 4.78 is 10.8. The van der Waals surface area contributed by atoms with Crippen molar-refractivity contribution in [3.63, 3.8) is 0 Å². The molecule has 0 bridgehead atoms. The van der Waals surface area contributed by atoms with Crippen LogP contribution in [0.1, 0.15) is 25.0 Å². The molecule has 1 rings (SSSR count). The van der Waals surface area contributed by atoms with E-state index in [1.54, 1.807) is 19.1 Å². The van der Waals surface area contributed by atoms with Gasteiger partial charge in [-0.05, 0) is 25.1 Å². The van der Waals surface area contributed by atoms with Crippen molar-refractivity contribution in [2.45, 2.75) is 19.4 Å². The van der Waals surface area contributed by atoms with Crippen molar-refractivity contribution >= 4 is 21.9 Å². The summed E-state index contributed by atoms with van der Waals surface area (Å²) in [5.74, 6) is 0.257. The summed E-state index contributed by atoms with van der Waals surface area (Å²) >= 11 is 3.33. The molecule has 1 N–H and O–H groups in total. The Morgan fingerprint density at radius 3 is 2.82 bits per heavy atom. The van der Waals surface area contributed by atoms with E-state index in [2.05, 4.69) is 20.7 Å². The Hall–Kier alpha value is -1.07. The summed E-state index contributed by atoms with van der Waals surface area (Å²) in [6, 6.07) is 5.36. The number of methoxy groups -OCH3 is 1. The molecule has 5 heteroatoms. The molecule has 1 unspecified atom stereocenters. The first-order valence-electron chi connectivity index (χ1n) is 5.21. The summed E-state index contributed by atoms with van der Waals surface area (Å²) in [5.41, 5.74) is 0.684. The fourth-order valence-corrected chi connectivity index (χ4v) is 1.70.